The van der Waals surface area contributed by atoms with E-state index < -0.39 is 0 Å². The second-order valence-corrected chi connectivity index (χ2v) is 4.77. The van der Waals surface area contributed by atoms with Gasteiger partial charge in [-0.05, 0) is 19.3 Å². The summed E-state index contributed by atoms with van der Waals surface area (Å²) in [6.45, 7) is 6.84. The molecule has 0 aromatic carbocycles. The molecule has 126 valence electrons. The van der Waals surface area contributed by atoms with Crippen LogP contribution >= 0.6 is 0 Å². The first-order valence-electron chi connectivity index (χ1n) is 7.68. The first kappa shape index (κ1) is 18.5. The first-order valence-corrected chi connectivity index (χ1v) is 7.68. The Balaban J connectivity index is 1.81. The van der Waals surface area contributed by atoms with Crippen LogP contribution in [0.3, 0.4) is 0 Å². The van der Waals surface area contributed by atoms with Gasteiger partial charge in [0.15, 0.2) is 0 Å². The van der Waals surface area contributed by atoms with E-state index >= 15 is 0 Å². The standard InChI is InChI=1S/C14H26N4O4/c1-3-14-12-18(17-16-14)7-9-20-10-11-22-21-8-5-4-6-15-13(2)19/h12H,3-11H2,1-2H3,(H,15,19). The van der Waals surface area contributed by atoms with Crippen LogP contribution in [-0.4, -0.2) is 53.9 Å². The van der Waals surface area contributed by atoms with Crippen molar-refractivity contribution in [1.29, 1.82) is 0 Å². The predicted octanol–water partition coefficient (Wildman–Crippen LogP) is 0.722. The molecular formula is C14H26N4O4. The van der Waals surface area contributed by atoms with Gasteiger partial charge in [0.2, 0.25) is 5.91 Å². The highest BCUT2D eigenvalue weighted by atomic mass is 17.2. The molecule has 0 aliphatic rings. The number of carbonyl (C=O) groups is 1. The largest absolute Gasteiger partial charge is 0.377 e. The highest BCUT2D eigenvalue weighted by Gasteiger charge is 1.98. The zero-order valence-corrected chi connectivity index (χ0v) is 13.4. The third kappa shape index (κ3) is 9.43. The molecule has 0 atom stereocenters. The highest BCUT2D eigenvalue weighted by molar-refractivity contribution is 5.72. The number of hydrogen-bond donors (Lipinski definition) is 1. The number of rotatable bonds is 13. The average Bonchev–Trinajstić information content (AvgIpc) is 2.96. The maximum absolute atomic E-state index is 10.6. The summed E-state index contributed by atoms with van der Waals surface area (Å²) >= 11 is 0. The van der Waals surface area contributed by atoms with Crippen molar-refractivity contribution in [2.75, 3.05) is 33.0 Å². The second-order valence-electron chi connectivity index (χ2n) is 4.77. The molecule has 1 aromatic heterocycles. The topological polar surface area (TPSA) is 87.5 Å². The molecule has 22 heavy (non-hydrogen) atoms. The molecule has 0 aliphatic heterocycles. The number of carbonyl (C=O) groups excluding carboxylic acids is 1. The zero-order chi connectivity index (χ0) is 16.0. The van der Waals surface area contributed by atoms with Crippen molar-refractivity contribution in [3.05, 3.63) is 11.9 Å². The third-order valence-electron chi connectivity index (χ3n) is 2.84. The molecule has 0 radical (unpaired) electrons. The van der Waals surface area contributed by atoms with Crippen LogP contribution < -0.4 is 5.32 Å². The van der Waals surface area contributed by atoms with E-state index in [4.69, 9.17) is 14.5 Å². The molecule has 8 heteroatoms. The summed E-state index contributed by atoms with van der Waals surface area (Å²) in [5.41, 5.74) is 0.982. The Morgan fingerprint density at radius 2 is 2.05 bits per heavy atom. The predicted molar refractivity (Wildman–Crippen MR) is 80.0 cm³/mol. The van der Waals surface area contributed by atoms with E-state index in [0.29, 0.717) is 39.5 Å². The van der Waals surface area contributed by atoms with Crippen LogP contribution in [0, 0.1) is 0 Å². The van der Waals surface area contributed by atoms with Gasteiger partial charge in [0.1, 0.15) is 6.61 Å². The fraction of sp³-hybridized carbons (Fsp3) is 0.786. The van der Waals surface area contributed by atoms with Crippen LogP contribution in [0.2, 0.25) is 0 Å². The monoisotopic (exact) mass is 314 g/mol. The van der Waals surface area contributed by atoms with Gasteiger partial charge in [0.25, 0.3) is 0 Å². The molecule has 0 aliphatic carbocycles. The van der Waals surface area contributed by atoms with Gasteiger partial charge < -0.3 is 10.1 Å². The molecule has 1 aromatic rings. The number of amides is 1. The fourth-order valence-corrected chi connectivity index (χ4v) is 1.63. The van der Waals surface area contributed by atoms with E-state index in [9.17, 15) is 4.79 Å². The molecule has 8 nitrogen and oxygen atoms in total. The van der Waals surface area contributed by atoms with E-state index in [1.165, 1.54) is 6.92 Å². The van der Waals surface area contributed by atoms with E-state index in [-0.39, 0.29) is 5.91 Å². The van der Waals surface area contributed by atoms with Crippen LogP contribution in [0.4, 0.5) is 0 Å². The van der Waals surface area contributed by atoms with Crippen LogP contribution in [0.5, 0.6) is 0 Å². The van der Waals surface area contributed by atoms with Crippen LogP contribution in [0.15, 0.2) is 6.20 Å². The molecule has 1 N–H and O–H groups in total. The van der Waals surface area contributed by atoms with Crippen LogP contribution in [-0.2, 0) is 32.3 Å². The van der Waals surface area contributed by atoms with Crippen LogP contribution in [0.1, 0.15) is 32.4 Å². The molecule has 0 unspecified atom stereocenters. The number of unbranched alkanes of at least 4 members (excludes halogenated alkanes) is 1. The van der Waals surface area contributed by atoms with E-state index in [2.05, 4.69) is 15.6 Å². The van der Waals surface area contributed by atoms with Crippen molar-refractivity contribution in [3.8, 4) is 0 Å². The lowest BCUT2D eigenvalue weighted by atomic mass is 10.3. The van der Waals surface area contributed by atoms with Crippen molar-refractivity contribution in [3.63, 3.8) is 0 Å². The number of ether oxygens (including phenoxy) is 1. The number of hydrogen-bond acceptors (Lipinski definition) is 6. The third-order valence-corrected chi connectivity index (χ3v) is 2.84. The second kappa shape index (κ2) is 12.1. The van der Waals surface area contributed by atoms with E-state index in [0.717, 1.165) is 25.0 Å². The van der Waals surface area contributed by atoms with Crippen LogP contribution in [0.25, 0.3) is 0 Å². The highest BCUT2D eigenvalue weighted by Crippen LogP contribution is 1.94. The Labute approximate surface area is 131 Å². The normalized spacial score (nSPS) is 10.8. The maximum Gasteiger partial charge on any atom is 0.216 e. The number of aryl methyl sites for hydroxylation is 1. The molecule has 1 amide bonds. The van der Waals surface area contributed by atoms with Gasteiger partial charge in [-0.25, -0.2) is 14.5 Å². The summed E-state index contributed by atoms with van der Waals surface area (Å²) in [7, 11) is 0. The summed E-state index contributed by atoms with van der Waals surface area (Å²) < 4.78 is 7.18. The van der Waals surface area contributed by atoms with Gasteiger partial charge in [0, 0.05) is 19.7 Å². The molecular weight excluding hydrogens is 288 g/mol. The van der Waals surface area contributed by atoms with Crippen molar-refractivity contribution >= 4 is 5.91 Å². The molecule has 0 saturated carbocycles. The van der Waals surface area contributed by atoms with E-state index in [1.807, 2.05) is 13.1 Å². The van der Waals surface area contributed by atoms with Gasteiger partial charge in [-0.3, -0.25) is 4.79 Å². The Bertz CT molecular complexity index is 411. The maximum atomic E-state index is 10.6. The zero-order valence-electron chi connectivity index (χ0n) is 13.4. The van der Waals surface area contributed by atoms with Gasteiger partial charge >= 0.3 is 0 Å². The quantitative estimate of drug-likeness (QED) is 0.328. The lowest BCUT2D eigenvalue weighted by Gasteiger charge is -2.06. The average molecular weight is 314 g/mol. The molecule has 0 spiro atoms. The summed E-state index contributed by atoms with van der Waals surface area (Å²) in [6.07, 6.45) is 4.52. The summed E-state index contributed by atoms with van der Waals surface area (Å²) in [5.74, 6) is -0.00821. The Morgan fingerprint density at radius 1 is 1.23 bits per heavy atom. The SMILES string of the molecule is CCc1cn(CCOCCOOCCCCNC(C)=O)nn1. The summed E-state index contributed by atoms with van der Waals surface area (Å²) in [5, 5.41) is 10.7. The van der Waals surface area contributed by atoms with Gasteiger partial charge in [0.05, 0.1) is 32.1 Å². The molecule has 0 bridgehead atoms. The molecule has 1 rings (SSSR count). The Kier molecular flexibility index (Phi) is 10.2. The minimum absolute atomic E-state index is 0.00821. The van der Waals surface area contributed by atoms with Crippen molar-refractivity contribution < 1.29 is 19.3 Å². The minimum Gasteiger partial charge on any atom is -0.377 e. The van der Waals surface area contributed by atoms with Crippen molar-refractivity contribution in [2.45, 2.75) is 39.7 Å². The molecule has 0 saturated heterocycles. The summed E-state index contributed by atoms with van der Waals surface area (Å²) in [6, 6.07) is 0. The lowest BCUT2D eigenvalue weighted by molar-refractivity contribution is -0.299. The van der Waals surface area contributed by atoms with Gasteiger partial charge in [-0.2, -0.15) is 0 Å². The van der Waals surface area contributed by atoms with Gasteiger partial charge in [-0.1, -0.05) is 12.1 Å². The van der Waals surface area contributed by atoms with Crippen molar-refractivity contribution in [1.82, 2.24) is 20.3 Å². The summed E-state index contributed by atoms with van der Waals surface area (Å²) in [4.78, 5) is 20.6. The van der Waals surface area contributed by atoms with E-state index in [1.54, 1.807) is 4.68 Å². The lowest BCUT2D eigenvalue weighted by Crippen LogP contribution is -2.21. The first-order chi connectivity index (χ1) is 10.7. The Morgan fingerprint density at radius 3 is 2.77 bits per heavy atom. The number of nitrogens with one attached hydrogen (secondary N) is 1. The molecule has 1 heterocycles. The fourth-order valence-electron chi connectivity index (χ4n) is 1.63. The smallest absolute Gasteiger partial charge is 0.216 e. The number of nitrogens with zero attached hydrogens (tertiary/aromatic N) is 3. The van der Waals surface area contributed by atoms with Crippen molar-refractivity contribution in [2.24, 2.45) is 0 Å². The number of aromatic nitrogens is 3. The van der Waals surface area contributed by atoms with Gasteiger partial charge in [-0.15, -0.1) is 5.10 Å². The Hall–Kier alpha value is -1.51. The molecule has 0 fully saturated rings. The minimum atomic E-state index is -0.00821.